The van der Waals surface area contributed by atoms with Gasteiger partial charge in [0, 0.05) is 5.56 Å². The van der Waals surface area contributed by atoms with E-state index in [0.29, 0.717) is 5.56 Å². The number of aryl methyl sites for hydroxylation is 1. The van der Waals surface area contributed by atoms with Gasteiger partial charge >= 0.3 is 0 Å². The van der Waals surface area contributed by atoms with Crippen LogP contribution in [0.2, 0.25) is 0 Å². The first-order valence-corrected chi connectivity index (χ1v) is 4.88. The monoisotopic (exact) mass is 234 g/mol. The third-order valence-electron chi connectivity index (χ3n) is 2.35. The van der Waals surface area contributed by atoms with Crippen molar-refractivity contribution in [2.45, 2.75) is 13.3 Å². The Bertz CT molecular complexity index is 567. The highest BCUT2D eigenvalue weighted by atomic mass is 19.3. The lowest BCUT2D eigenvalue weighted by Crippen LogP contribution is -1.88. The summed E-state index contributed by atoms with van der Waals surface area (Å²) in [7, 11) is 0. The van der Waals surface area contributed by atoms with Crippen molar-refractivity contribution < 1.29 is 13.3 Å². The van der Waals surface area contributed by atoms with Gasteiger partial charge in [-0.25, -0.2) is 8.78 Å². The molecule has 2 rings (SSSR count). The van der Waals surface area contributed by atoms with E-state index in [1.54, 1.807) is 30.3 Å². The molecule has 0 bridgehead atoms. The van der Waals surface area contributed by atoms with Crippen LogP contribution in [0.25, 0.3) is 11.3 Å². The Morgan fingerprint density at radius 2 is 1.94 bits per heavy atom. The third kappa shape index (κ3) is 2.02. The van der Waals surface area contributed by atoms with E-state index in [0.717, 1.165) is 5.56 Å². The van der Waals surface area contributed by atoms with Crippen LogP contribution < -0.4 is 0 Å². The molecule has 2 aromatic rings. The van der Waals surface area contributed by atoms with E-state index in [1.807, 2.05) is 6.92 Å². The van der Waals surface area contributed by atoms with E-state index in [2.05, 4.69) is 5.16 Å². The summed E-state index contributed by atoms with van der Waals surface area (Å²) in [6.07, 6.45) is -2.81. The normalized spacial score (nSPS) is 10.5. The highest BCUT2D eigenvalue weighted by Gasteiger charge is 2.23. The molecule has 0 aliphatic carbocycles. The van der Waals surface area contributed by atoms with Crippen LogP contribution in [-0.2, 0) is 0 Å². The van der Waals surface area contributed by atoms with Gasteiger partial charge in [0.25, 0.3) is 6.43 Å². The van der Waals surface area contributed by atoms with Crippen LogP contribution in [0.1, 0.15) is 23.2 Å². The number of aromatic nitrogens is 1. The number of alkyl halides is 2. The zero-order chi connectivity index (χ0) is 12.4. The minimum Gasteiger partial charge on any atom is -0.354 e. The average Bonchev–Trinajstić information content (AvgIpc) is 2.73. The molecular formula is C12H8F2N2O. The Balaban J connectivity index is 2.53. The van der Waals surface area contributed by atoms with E-state index in [4.69, 9.17) is 9.78 Å². The van der Waals surface area contributed by atoms with Crippen molar-refractivity contribution in [2.75, 3.05) is 0 Å². The first-order chi connectivity index (χ1) is 8.13. The zero-order valence-electron chi connectivity index (χ0n) is 8.95. The van der Waals surface area contributed by atoms with Gasteiger partial charge in [-0.3, -0.25) is 0 Å². The smallest absolute Gasteiger partial charge is 0.285 e. The van der Waals surface area contributed by atoms with Crippen LogP contribution in [-0.4, -0.2) is 5.16 Å². The minimum absolute atomic E-state index is 0.0859. The number of rotatable bonds is 2. The summed E-state index contributed by atoms with van der Waals surface area (Å²) in [6.45, 7) is 1.90. The van der Waals surface area contributed by atoms with Gasteiger partial charge in [0.1, 0.15) is 11.6 Å². The molecule has 17 heavy (non-hydrogen) atoms. The van der Waals surface area contributed by atoms with Gasteiger partial charge in [-0.05, 0) is 6.92 Å². The van der Waals surface area contributed by atoms with Gasteiger partial charge in [-0.1, -0.05) is 35.0 Å². The lowest BCUT2D eigenvalue weighted by atomic mass is 10.1. The number of benzene rings is 1. The molecule has 0 saturated carbocycles. The Labute approximate surface area is 96.3 Å². The third-order valence-corrected chi connectivity index (χ3v) is 2.35. The second kappa shape index (κ2) is 4.34. The van der Waals surface area contributed by atoms with Gasteiger partial charge in [0.2, 0.25) is 0 Å². The second-order valence-corrected chi connectivity index (χ2v) is 3.55. The lowest BCUT2D eigenvalue weighted by molar-refractivity contribution is 0.140. The summed E-state index contributed by atoms with van der Waals surface area (Å²) in [6, 6.07) is 8.72. The standard InChI is InChI=1S/C12H8F2N2O/c1-7-2-4-8(5-3-7)11-9(6-15)10(12(13)14)16-17-11/h2-5,12H,1H3. The minimum atomic E-state index is -2.81. The SMILES string of the molecule is Cc1ccc(-c2onc(C(F)F)c2C#N)cc1. The predicted molar refractivity (Wildman–Crippen MR) is 56.3 cm³/mol. The molecule has 0 aliphatic rings. The van der Waals surface area contributed by atoms with Crippen molar-refractivity contribution >= 4 is 0 Å². The fourth-order valence-electron chi connectivity index (χ4n) is 1.46. The first-order valence-electron chi connectivity index (χ1n) is 4.88. The van der Waals surface area contributed by atoms with Crippen LogP contribution in [0, 0.1) is 18.3 Å². The van der Waals surface area contributed by atoms with Crippen LogP contribution in [0.15, 0.2) is 28.8 Å². The molecular weight excluding hydrogens is 226 g/mol. The lowest BCUT2D eigenvalue weighted by Gasteiger charge is -1.97. The molecule has 86 valence electrons. The van der Waals surface area contributed by atoms with Gasteiger partial charge in [0.15, 0.2) is 11.5 Å². The second-order valence-electron chi connectivity index (χ2n) is 3.55. The van der Waals surface area contributed by atoms with Crippen molar-refractivity contribution in [1.29, 1.82) is 5.26 Å². The van der Waals surface area contributed by atoms with Crippen LogP contribution in [0.3, 0.4) is 0 Å². The molecule has 5 heteroatoms. The van der Waals surface area contributed by atoms with E-state index in [1.165, 1.54) is 0 Å². The molecule has 0 amide bonds. The van der Waals surface area contributed by atoms with Gasteiger partial charge in [0.05, 0.1) is 0 Å². The molecule has 0 aliphatic heterocycles. The number of nitriles is 1. The summed E-state index contributed by atoms with van der Waals surface area (Å²) in [5, 5.41) is 12.1. The summed E-state index contributed by atoms with van der Waals surface area (Å²) < 4.78 is 29.9. The van der Waals surface area contributed by atoms with E-state index < -0.39 is 12.1 Å². The maximum atomic E-state index is 12.5. The number of nitrogens with zero attached hydrogens (tertiary/aromatic N) is 2. The highest BCUT2D eigenvalue weighted by Crippen LogP contribution is 2.30. The number of halogens is 2. The zero-order valence-corrected chi connectivity index (χ0v) is 8.95. The highest BCUT2D eigenvalue weighted by molar-refractivity contribution is 5.66. The molecule has 0 saturated heterocycles. The molecule has 1 heterocycles. The predicted octanol–water partition coefficient (Wildman–Crippen LogP) is 3.46. The molecule has 0 spiro atoms. The Kier molecular flexibility index (Phi) is 2.88. The average molecular weight is 234 g/mol. The van der Waals surface area contributed by atoms with Crippen LogP contribution in [0.4, 0.5) is 8.78 Å². The van der Waals surface area contributed by atoms with Crippen molar-refractivity contribution in [3.05, 3.63) is 41.1 Å². The molecule has 0 radical (unpaired) electrons. The Morgan fingerprint density at radius 1 is 1.29 bits per heavy atom. The number of hydrogen-bond donors (Lipinski definition) is 0. The Hall–Kier alpha value is -2.22. The number of hydrogen-bond acceptors (Lipinski definition) is 3. The molecule has 0 N–H and O–H groups in total. The largest absolute Gasteiger partial charge is 0.354 e. The summed E-state index contributed by atoms with van der Waals surface area (Å²) in [4.78, 5) is 0. The van der Waals surface area contributed by atoms with E-state index >= 15 is 0 Å². The fraction of sp³-hybridized carbons (Fsp3) is 0.167. The van der Waals surface area contributed by atoms with Crippen molar-refractivity contribution in [2.24, 2.45) is 0 Å². The van der Waals surface area contributed by atoms with Crippen LogP contribution in [0.5, 0.6) is 0 Å². The van der Waals surface area contributed by atoms with Gasteiger partial charge in [-0.15, -0.1) is 0 Å². The first kappa shape index (κ1) is 11.3. The maximum absolute atomic E-state index is 12.5. The van der Waals surface area contributed by atoms with Gasteiger partial charge in [-0.2, -0.15) is 5.26 Å². The molecule has 0 atom stereocenters. The molecule has 0 unspecified atom stereocenters. The fourth-order valence-corrected chi connectivity index (χ4v) is 1.46. The van der Waals surface area contributed by atoms with E-state index in [-0.39, 0.29) is 11.3 Å². The summed E-state index contributed by atoms with van der Waals surface area (Å²) in [5.74, 6) is 0.0859. The van der Waals surface area contributed by atoms with Gasteiger partial charge < -0.3 is 4.52 Å². The molecule has 3 nitrogen and oxygen atoms in total. The summed E-state index contributed by atoms with van der Waals surface area (Å²) in [5.41, 5.74) is 0.777. The molecule has 1 aromatic heterocycles. The van der Waals surface area contributed by atoms with Crippen LogP contribution >= 0.6 is 0 Å². The Morgan fingerprint density at radius 3 is 2.47 bits per heavy atom. The van der Waals surface area contributed by atoms with Crippen molar-refractivity contribution in [3.8, 4) is 17.4 Å². The summed E-state index contributed by atoms with van der Waals surface area (Å²) >= 11 is 0. The van der Waals surface area contributed by atoms with Crippen molar-refractivity contribution in [3.63, 3.8) is 0 Å². The maximum Gasteiger partial charge on any atom is 0.285 e. The topological polar surface area (TPSA) is 49.8 Å². The van der Waals surface area contributed by atoms with Crippen molar-refractivity contribution in [1.82, 2.24) is 5.16 Å². The van der Waals surface area contributed by atoms with E-state index in [9.17, 15) is 8.78 Å². The molecule has 0 fully saturated rings. The molecule has 1 aromatic carbocycles. The quantitative estimate of drug-likeness (QED) is 0.799.